The molecule has 4 fully saturated rings. The van der Waals surface area contributed by atoms with Crippen molar-refractivity contribution in [2.75, 3.05) is 39.6 Å². The average molecular weight is 1400 g/mol. The van der Waals surface area contributed by atoms with Crippen LogP contribution >= 0.6 is 0 Å². The van der Waals surface area contributed by atoms with Gasteiger partial charge in [0.05, 0.1) is 57.3 Å². The van der Waals surface area contributed by atoms with Crippen LogP contribution in [0.25, 0.3) is 0 Å². The number of aliphatic hydroxyl groups is 14. The van der Waals surface area contributed by atoms with Gasteiger partial charge < -0.3 is 130 Å². The van der Waals surface area contributed by atoms with Gasteiger partial charge in [0.1, 0.15) is 98.1 Å². The van der Waals surface area contributed by atoms with E-state index < -0.39 is 204 Å². The van der Waals surface area contributed by atoms with Crippen LogP contribution in [0.15, 0.2) is 12.2 Å². The summed E-state index contributed by atoms with van der Waals surface area (Å²) < 4.78 is 47.8. The van der Waals surface area contributed by atoms with E-state index in [4.69, 9.17) is 37.9 Å². The van der Waals surface area contributed by atoms with E-state index in [9.17, 15) is 95.8 Å². The molecule has 0 aromatic heterocycles. The molecule has 0 bridgehead atoms. The van der Waals surface area contributed by atoms with Crippen molar-refractivity contribution >= 4 is 23.7 Å². The number of unbranched alkanes of at least 4 members (excludes halogenated alkanes) is 25. The third-order valence-electron chi connectivity index (χ3n) is 18.6. The molecule has 0 radical (unpaired) electrons. The normalized spacial score (nSPS) is 32.1. The molecule has 4 aliphatic rings. The molecule has 0 aliphatic carbocycles. The van der Waals surface area contributed by atoms with E-state index >= 15 is 0 Å². The van der Waals surface area contributed by atoms with Crippen LogP contribution in [-0.4, -0.2) is 280 Å². The van der Waals surface area contributed by atoms with Crippen LogP contribution in [0, 0.1) is 0 Å². The summed E-state index contributed by atoms with van der Waals surface area (Å²) in [5.41, 5.74) is 0. The van der Waals surface area contributed by atoms with E-state index in [1.165, 1.54) is 109 Å². The molecule has 4 heterocycles. The Labute approximate surface area is 570 Å². The molecular weight excluding hydrogens is 1280 g/mol. The van der Waals surface area contributed by atoms with Gasteiger partial charge in [0.25, 0.3) is 5.79 Å². The molecule has 4 saturated heterocycles. The van der Waals surface area contributed by atoms with Crippen molar-refractivity contribution in [3.05, 3.63) is 12.2 Å². The molecule has 3 amide bonds. The van der Waals surface area contributed by atoms with Crippen molar-refractivity contribution in [2.24, 2.45) is 0 Å². The maximum atomic E-state index is 13.6. The van der Waals surface area contributed by atoms with Crippen molar-refractivity contribution < 1.29 is 134 Å². The molecule has 23 atom stereocenters. The van der Waals surface area contributed by atoms with Crippen molar-refractivity contribution in [3.8, 4) is 0 Å². The highest BCUT2D eigenvalue weighted by Crippen LogP contribution is 2.40. The van der Waals surface area contributed by atoms with Gasteiger partial charge in [-0.05, 0) is 19.3 Å². The zero-order chi connectivity index (χ0) is 71.5. The summed E-state index contributed by atoms with van der Waals surface area (Å²) in [6, 6.07) is -4.70. The second kappa shape index (κ2) is 47.1. The van der Waals surface area contributed by atoms with Crippen LogP contribution in [-0.2, 0) is 57.1 Å². The maximum absolute atomic E-state index is 13.6. The number of ether oxygens (including phenoxy) is 8. The lowest BCUT2D eigenvalue weighted by atomic mass is 9.88. The Balaban J connectivity index is 1.55. The van der Waals surface area contributed by atoms with Crippen LogP contribution < -0.4 is 16.0 Å². The highest BCUT2D eigenvalue weighted by atomic mass is 16.8. The van der Waals surface area contributed by atoms with Gasteiger partial charge in [-0.25, -0.2) is 4.79 Å². The van der Waals surface area contributed by atoms with Crippen molar-refractivity contribution in [1.82, 2.24) is 16.0 Å². The average Bonchev–Trinajstić information content (AvgIpc) is 0.752. The molecule has 0 unspecified atom stereocenters. The minimum Gasteiger partial charge on any atom is -0.477 e. The first kappa shape index (κ1) is 86.1. The van der Waals surface area contributed by atoms with Crippen molar-refractivity contribution in [1.29, 1.82) is 0 Å². The van der Waals surface area contributed by atoms with E-state index in [0.29, 0.717) is 12.8 Å². The first-order valence-electron chi connectivity index (χ1n) is 35.7. The van der Waals surface area contributed by atoms with E-state index in [2.05, 4.69) is 29.8 Å². The Morgan fingerprint density at radius 3 is 1.55 bits per heavy atom. The first-order valence-corrected chi connectivity index (χ1v) is 35.7. The summed E-state index contributed by atoms with van der Waals surface area (Å²) in [4.78, 5) is 52.0. The molecule has 0 aromatic rings. The zero-order valence-corrected chi connectivity index (χ0v) is 57.2. The van der Waals surface area contributed by atoms with Crippen LogP contribution in [0.5, 0.6) is 0 Å². The molecule has 30 heteroatoms. The second-order valence-corrected chi connectivity index (χ2v) is 26.5. The number of carboxylic acid groups (broad SMARTS) is 1. The van der Waals surface area contributed by atoms with Crippen LogP contribution in [0.2, 0.25) is 0 Å². The highest BCUT2D eigenvalue weighted by molar-refractivity contribution is 5.78. The molecule has 566 valence electrons. The van der Waals surface area contributed by atoms with Gasteiger partial charge >= 0.3 is 5.97 Å². The predicted octanol–water partition coefficient (Wildman–Crippen LogP) is 0.106. The van der Waals surface area contributed by atoms with Crippen LogP contribution in [0.1, 0.15) is 207 Å². The van der Waals surface area contributed by atoms with Crippen LogP contribution in [0.4, 0.5) is 0 Å². The van der Waals surface area contributed by atoms with Gasteiger partial charge in [-0.3, -0.25) is 14.4 Å². The molecule has 30 nitrogen and oxygen atoms in total. The second-order valence-electron chi connectivity index (χ2n) is 26.5. The Kier molecular flexibility index (Phi) is 41.8. The minimum absolute atomic E-state index is 0.154. The summed E-state index contributed by atoms with van der Waals surface area (Å²) in [5.74, 6) is -7.85. The van der Waals surface area contributed by atoms with Crippen LogP contribution in [0.3, 0.4) is 0 Å². The number of rotatable bonds is 50. The lowest BCUT2D eigenvalue weighted by Crippen LogP contribution is -2.72. The summed E-state index contributed by atoms with van der Waals surface area (Å²) in [6.45, 7) is -0.603. The molecule has 4 rings (SSSR count). The molecule has 97 heavy (non-hydrogen) atoms. The Hall–Kier alpha value is -3.26. The number of carbonyl (C=O) groups is 4. The standard InChI is InChI=1S/C67H121N3O27/c1-4-6-8-10-12-14-16-18-19-21-23-25-27-29-31-33-49(80)69-42(43(77)32-30-28-26-24-22-20-17-15-13-11-9-7-5-2)40-90-64-57(86)56(85)59(47(37-73)92-64)94-65-58(87)62(60(48(38-74)93-65)95-63-52(68-41(3)76)55(84)54(83)46(36-72)91-63)97-67(66(88)89)34-44(78)51(70-50(81)39-75)61(96-67)53(82)45(79)35-71/h30,32,42-48,51-65,71-75,77-79,82-87H,4-29,31,33-40H2,1-3H3,(H,68,76)(H,69,80)(H,70,81)(H,88,89)/b32-30+/t42-,43+,44-,45+,46+,47+,48+,51+,52+,53+,54-,55+,56+,57+,58+,59+,60-,61+,62+,63-,64+,65-,67-/m0/s1. The number of hydrogen-bond acceptors (Lipinski definition) is 26. The van der Waals surface area contributed by atoms with Gasteiger partial charge in [0.2, 0.25) is 17.7 Å². The fourth-order valence-electron chi connectivity index (χ4n) is 12.8. The molecule has 0 spiro atoms. The number of amides is 3. The van der Waals surface area contributed by atoms with E-state index in [1.54, 1.807) is 6.08 Å². The first-order chi connectivity index (χ1) is 46.6. The van der Waals surface area contributed by atoms with Gasteiger partial charge in [0.15, 0.2) is 18.9 Å². The quantitative estimate of drug-likeness (QED) is 0.0284. The number of carboxylic acids is 1. The number of carbonyl (C=O) groups excluding carboxylic acids is 3. The number of allylic oxidation sites excluding steroid dienone is 1. The lowest BCUT2D eigenvalue weighted by Gasteiger charge is -2.52. The molecule has 0 saturated carbocycles. The van der Waals surface area contributed by atoms with E-state index in [-0.39, 0.29) is 12.3 Å². The highest BCUT2D eigenvalue weighted by Gasteiger charge is 2.62. The van der Waals surface area contributed by atoms with Gasteiger partial charge in [-0.15, -0.1) is 0 Å². The number of aliphatic carboxylic acids is 1. The SMILES string of the molecule is CCCCCCCCCCCCC/C=C/[C@@H](O)[C@H](CO[C@@H]1O[C@H](CO)[C@@H](O[C@@H]2O[C@H](CO)[C@H](O[C@@H]3O[C@H](CO)[C@H](O)[C@H](O)[C@H]3NC(C)=O)[C@H](O[C@]3(C(=O)O)C[C@H](O)[C@@H](NC(=O)CO)[C@H]([C@H](O)[C@H](O)CO)O3)[C@H]2O)[C@H](O)[C@H]1O)NC(=O)CCCCCCCCCCCCCCCCC. The minimum atomic E-state index is -3.34. The monoisotopic (exact) mass is 1400 g/mol. The number of nitrogens with one attached hydrogen (secondary N) is 3. The number of aliphatic hydroxyl groups excluding tert-OH is 14. The fourth-order valence-corrected chi connectivity index (χ4v) is 12.8. The topological polar surface area (TPSA) is 482 Å². The summed E-state index contributed by atoms with van der Waals surface area (Å²) >= 11 is 0. The summed E-state index contributed by atoms with van der Waals surface area (Å²) in [7, 11) is 0. The maximum Gasteiger partial charge on any atom is 0.364 e. The van der Waals surface area contributed by atoms with E-state index in [0.717, 1.165) is 58.3 Å². The van der Waals surface area contributed by atoms with Gasteiger partial charge in [-0.1, -0.05) is 180 Å². The largest absolute Gasteiger partial charge is 0.477 e. The Morgan fingerprint density at radius 1 is 0.546 bits per heavy atom. The van der Waals surface area contributed by atoms with Crippen molar-refractivity contribution in [3.63, 3.8) is 0 Å². The molecule has 18 N–H and O–H groups in total. The lowest BCUT2D eigenvalue weighted by molar-refractivity contribution is -0.401. The smallest absolute Gasteiger partial charge is 0.364 e. The van der Waals surface area contributed by atoms with Crippen molar-refractivity contribution in [2.45, 2.75) is 347 Å². The predicted molar refractivity (Wildman–Crippen MR) is 347 cm³/mol. The zero-order valence-electron chi connectivity index (χ0n) is 57.2. The number of hydrogen-bond donors (Lipinski definition) is 18. The molecular formula is C67H121N3O27. The Morgan fingerprint density at radius 2 is 1.04 bits per heavy atom. The Bertz CT molecular complexity index is 2200. The van der Waals surface area contributed by atoms with Gasteiger partial charge in [0, 0.05) is 19.8 Å². The molecule has 0 aromatic carbocycles. The summed E-state index contributed by atoms with van der Waals surface area (Å²) in [6.07, 6.45) is -5.57. The van der Waals surface area contributed by atoms with Gasteiger partial charge in [-0.2, -0.15) is 0 Å². The fraction of sp³-hybridized carbons (Fsp3) is 0.910. The summed E-state index contributed by atoms with van der Waals surface area (Å²) in [5, 5.41) is 172. The molecule has 4 aliphatic heterocycles. The van der Waals surface area contributed by atoms with E-state index in [1.807, 2.05) is 6.08 Å². The third kappa shape index (κ3) is 28.1. The third-order valence-corrected chi connectivity index (χ3v) is 18.6.